The van der Waals surface area contributed by atoms with Gasteiger partial charge in [0.25, 0.3) is 11.8 Å². The molecule has 2 amide bonds. The summed E-state index contributed by atoms with van der Waals surface area (Å²) in [5.41, 5.74) is 5.85. The maximum Gasteiger partial charge on any atom is 0.254 e. The van der Waals surface area contributed by atoms with Gasteiger partial charge in [0.05, 0.1) is 18.7 Å². The van der Waals surface area contributed by atoms with Crippen molar-refractivity contribution in [2.75, 3.05) is 13.6 Å². The molecule has 0 fully saturated rings. The van der Waals surface area contributed by atoms with Crippen LogP contribution in [0.15, 0.2) is 72.4 Å². The Morgan fingerprint density at radius 1 is 0.933 bits per heavy atom. The van der Waals surface area contributed by atoms with Crippen LogP contribution in [0, 0.1) is 6.92 Å². The Hall–Kier alpha value is -3.92. The molecule has 0 aliphatic rings. The summed E-state index contributed by atoms with van der Waals surface area (Å²) in [6, 6.07) is 16.7. The van der Waals surface area contributed by atoms with Gasteiger partial charge in [0.2, 0.25) is 0 Å². The molecule has 2 aromatic carbocycles. The van der Waals surface area contributed by atoms with Crippen LogP contribution in [0.5, 0.6) is 0 Å². The molecule has 0 saturated heterocycles. The number of hydrogen-bond acceptors (Lipinski definition) is 7. The monoisotopic (exact) mass is 627 g/mol. The molecule has 0 aliphatic heterocycles. The van der Waals surface area contributed by atoms with Crippen LogP contribution in [-0.4, -0.2) is 57.5 Å². The zero-order valence-electron chi connectivity index (χ0n) is 27.1. The van der Waals surface area contributed by atoms with E-state index in [0.717, 1.165) is 33.0 Å². The predicted molar refractivity (Wildman–Crippen MR) is 181 cm³/mol. The van der Waals surface area contributed by atoms with Crippen molar-refractivity contribution in [1.82, 2.24) is 25.5 Å². The summed E-state index contributed by atoms with van der Waals surface area (Å²) in [5.74, 6) is -0.0324. The summed E-state index contributed by atoms with van der Waals surface area (Å²) in [7, 11) is 1.75. The smallest absolute Gasteiger partial charge is 0.254 e. The number of aryl methyl sites for hydroxylation is 1. The number of nitrogens with zero attached hydrogens (tertiary/aromatic N) is 3. The number of thiazole rings is 1. The summed E-state index contributed by atoms with van der Waals surface area (Å²) < 4.78 is 0. The van der Waals surface area contributed by atoms with E-state index in [1.807, 2.05) is 81.0 Å². The van der Waals surface area contributed by atoms with Gasteiger partial charge in [-0.15, -0.1) is 11.3 Å². The predicted octanol–water partition coefficient (Wildman–Crippen LogP) is 5.86. The van der Waals surface area contributed by atoms with Gasteiger partial charge in [-0.3, -0.25) is 14.6 Å². The van der Waals surface area contributed by atoms with E-state index in [1.54, 1.807) is 18.0 Å². The normalized spacial score (nSPS) is 12.7. The van der Waals surface area contributed by atoms with Crippen molar-refractivity contribution in [2.45, 2.75) is 78.1 Å². The minimum Gasteiger partial charge on any atom is -0.390 e. The largest absolute Gasteiger partial charge is 0.390 e. The van der Waals surface area contributed by atoms with Gasteiger partial charge < -0.3 is 20.6 Å². The second-order valence-corrected chi connectivity index (χ2v) is 13.2. The van der Waals surface area contributed by atoms with E-state index < -0.39 is 12.1 Å². The fourth-order valence-corrected chi connectivity index (χ4v) is 5.86. The molecule has 0 bridgehead atoms. The molecule has 238 valence electrons. The number of aromatic nitrogens is 2. The fourth-order valence-electron chi connectivity index (χ4n) is 5.04. The lowest BCUT2D eigenvalue weighted by molar-refractivity contribution is 0.0784. The van der Waals surface area contributed by atoms with Crippen LogP contribution in [0.4, 0.5) is 0 Å². The Balaban J connectivity index is 1.51. The number of benzene rings is 2. The second kappa shape index (κ2) is 15.9. The fraction of sp³-hybridized carbons (Fsp3) is 0.389. The number of carbonyl (C=O) groups is 2. The van der Waals surface area contributed by atoms with Gasteiger partial charge in [-0.05, 0) is 65.6 Å². The van der Waals surface area contributed by atoms with Gasteiger partial charge in [-0.25, -0.2) is 4.98 Å². The number of rotatable bonds is 14. The Morgan fingerprint density at radius 3 is 2.31 bits per heavy atom. The molecule has 2 atom stereocenters. The first-order chi connectivity index (χ1) is 21.5. The number of nitrogens with one attached hydrogen (secondary N) is 2. The number of amides is 2. The molecule has 9 heteroatoms. The van der Waals surface area contributed by atoms with E-state index in [0.29, 0.717) is 36.6 Å². The quantitative estimate of drug-likeness (QED) is 0.162. The third kappa shape index (κ3) is 9.78. The molecular formula is C36H45N5O3S. The molecular weight excluding hydrogens is 582 g/mol. The minimum absolute atomic E-state index is 0.106. The molecule has 0 spiro atoms. The van der Waals surface area contributed by atoms with Crippen LogP contribution in [0.1, 0.15) is 93.2 Å². The number of pyridine rings is 1. The maximum absolute atomic E-state index is 13.8. The maximum atomic E-state index is 13.8. The topological polar surface area (TPSA) is 107 Å². The summed E-state index contributed by atoms with van der Waals surface area (Å²) in [5, 5.41) is 20.6. The van der Waals surface area contributed by atoms with E-state index in [9.17, 15) is 14.7 Å². The van der Waals surface area contributed by atoms with Crippen LogP contribution in [-0.2, 0) is 19.5 Å². The van der Waals surface area contributed by atoms with E-state index >= 15 is 0 Å². The van der Waals surface area contributed by atoms with E-state index in [1.165, 1.54) is 11.3 Å². The van der Waals surface area contributed by atoms with Gasteiger partial charge >= 0.3 is 0 Å². The zero-order chi connectivity index (χ0) is 32.5. The molecule has 8 nitrogen and oxygen atoms in total. The molecule has 45 heavy (non-hydrogen) atoms. The van der Waals surface area contributed by atoms with E-state index in [-0.39, 0.29) is 24.3 Å². The van der Waals surface area contributed by atoms with Crippen LogP contribution in [0.2, 0.25) is 0 Å². The van der Waals surface area contributed by atoms with E-state index in [2.05, 4.69) is 40.5 Å². The summed E-state index contributed by atoms with van der Waals surface area (Å²) >= 11 is 1.52. The first kappa shape index (κ1) is 34.0. The number of aliphatic hydroxyl groups is 1. The molecule has 0 radical (unpaired) electrons. The number of hydrogen-bond donors (Lipinski definition) is 3. The Labute approximate surface area is 270 Å². The lowest BCUT2D eigenvalue weighted by atomic mass is 9.96. The molecule has 4 aromatic rings. The summed E-state index contributed by atoms with van der Waals surface area (Å²) in [6.45, 7) is 11.5. The summed E-state index contributed by atoms with van der Waals surface area (Å²) in [4.78, 5) is 37.7. The van der Waals surface area contributed by atoms with Gasteiger partial charge in [0.1, 0.15) is 5.01 Å². The SMILES string of the molecule is Cc1csc(CN(C)C(=O)c2cc(C(=O)N[C@@H](Cc3ccccc3)[C@H](O)CNCc3cncc(C(C)C)c3)cc(C(C)C)c2)n1. The molecule has 4 rings (SSSR count). The first-order valence-corrected chi connectivity index (χ1v) is 16.4. The molecule has 2 heterocycles. The lowest BCUT2D eigenvalue weighted by Gasteiger charge is -2.25. The summed E-state index contributed by atoms with van der Waals surface area (Å²) in [6.07, 6.45) is 3.29. The minimum atomic E-state index is -0.863. The first-order valence-electron chi connectivity index (χ1n) is 15.5. The van der Waals surface area contributed by atoms with Crippen LogP contribution < -0.4 is 10.6 Å². The standard InChI is InChI=1S/C36H45N5O3S/c1-23(2)28-14-29(16-30(15-28)36(44)41(6)21-34-39-25(5)22-45-34)35(43)40-32(13-26-10-8-7-9-11-26)33(42)20-38-18-27-12-31(24(3)4)19-37-17-27/h7-12,14-17,19,22-24,32-33,38,42H,13,18,20-21H2,1-6H3,(H,40,43)/t32-,33+/m0/s1. The lowest BCUT2D eigenvalue weighted by Crippen LogP contribution is -2.48. The van der Waals surface area contributed by atoms with Gasteiger partial charge in [-0.1, -0.05) is 64.1 Å². The molecule has 0 saturated carbocycles. The molecule has 2 aromatic heterocycles. The van der Waals surface area contributed by atoms with Crippen LogP contribution >= 0.6 is 11.3 Å². The second-order valence-electron chi connectivity index (χ2n) is 12.3. The molecule has 0 unspecified atom stereocenters. The Morgan fingerprint density at radius 2 is 1.64 bits per heavy atom. The average Bonchev–Trinajstić information content (AvgIpc) is 3.44. The molecule has 3 N–H and O–H groups in total. The third-order valence-electron chi connectivity index (χ3n) is 7.76. The van der Waals surface area contributed by atoms with Crippen molar-refractivity contribution < 1.29 is 14.7 Å². The third-order valence-corrected chi connectivity index (χ3v) is 8.71. The van der Waals surface area contributed by atoms with Gasteiger partial charge in [0, 0.05) is 54.7 Å². The van der Waals surface area contributed by atoms with Gasteiger partial charge in [0.15, 0.2) is 0 Å². The van der Waals surface area contributed by atoms with Crippen molar-refractivity contribution in [3.05, 3.63) is 116 Å². The highest BCUT2D eigenvalue weighted by Crippen LogP contribution is 2.22. The highest BCUT2D eigenvalue weighted by molar-refractivity contribution is 7.09. The highest BCUT2D eigenvalue weighted by atomic mass is 32.1. The number of aliphatic hydroxyl groups excluding tert-OH is 1. The average molecular weight is 628 g/mol. The molecule has 0 aliphatic carbocycles. The van der Waals surface area contributed by atoms with Crippen molar-refractivity contribution in [2.24, 2.45) is 0 Å². The number of carbonyl (C=O) groups excluding carboxylic acids is 2. The van der Waals surface area contributed by atoms with Crippen molar-refractivity contribution in [3.63, 3.8) is 0 Å². The Bertz CT molecular complexity index is 1570. The highest BCUT2D eigenvalue weighted by Gasteiger charge is 2.24. The van der Waals surface area contributed by atoms with E-state index in [4.69, 9.17) is 0 Å². The van der Waals surface area contributed by atoms with Crippen molar-refractivity contribution in [1.29, 1.82) is 0 Å². The van der Waals surface area contributed by atoms with Crippen LogP contribution in [0.3, 0.4) is 0 Å². The Kier molecular flexibility index (Phi) is 12.0. The van der Waals surface area contributed by atoms with Crippen molar-refractivity contribution >= 4 is 23.2 Å². The van der Waals surface area contributed by atoms with Crippen LogP contribution in [0.25, 0.3) is 0 Å². The zero-order valence-corrected chi connectivity index (χ0v) is 27.9. The van der Waals surface area contributed by atoms with Gasteiger partial charge in [-0.2, -0.15) is 0 Å². The van der Waals surface area contributed by atoms with Crippen molar-refractivity contribution in [3.8, 4) is 0 Å².